The summed E-state index contributed by atoms with van der Waals surface area (Å²) in [6.07, 6.45) is 0.817. The van der Waals surface area contributed by atoms with Gasteiger partial charge in [-0.3, -0.25) is 4.79 Å². The molecule has 2 aromatic carbocycles. The fraction of sp³-hybridized carbons (Fsp3) is 0.316. The summed E-state index contributed by atoms with van der Waals surface area (Å²) in [7, 11) is -4.16. The average Bonchev–Trinajstić information content (AvgIpc) is 2.68. The minimum absolute atomic E-state index is 0.0290. The van der Waals surface area contributed by atoms with Crippen LogP contribution in [0.15, 0.2) is 47.4 Å². The number of carbonyl (C=O) groups is 1. The van der Waals surface area contributed by atoms with Gasteiger partial charge in [-0.25, -0.2) is 17.2 Å². The molecule has 0 aliphatic carbocycles. The van der Waals surface area contributed by atoms with Crippen LogP contribution in [0.5, 0.6) is 0 Å². The lowest BCUT2D eigenvalue weighted by atomic mass is 10.1. The molecule has 1 aliphatic rings. The van der Waals surface area contributed by atoms with Gasteiger partial charge >= 0.3 is 0 Å². The van der Waals surface area contributed by atoms with Gasteiger partial charge < -0.3 is 4.90 Å². The third kappa shape index (κ3) is 4.68. The molecule has 0 aromatic heterocycles. The van der Waals surface area contributed by atoms with Crippen LogP contribution >= 0.6 is 11.6 Å². The van der Waals surface area contributed by atoms with E-state index in [2.05, 4.69) is 0 Å². The van der Waals surface area contributed by atoms with E-state index in [1.54, 1.807) is 17.0 Å². The van der Waals surface area contributed by atoms with Crippen molar-refractivity contribution in [1.82, 2.24) is 9.21 Å². The van der Waals surface area contributed by atoms with E-state index in [-0.39, 0.29) is 38.5 Å². The second kappa shape index (κ2) is 8.55. The van der Waals surface area contributed by atoms with Crippen molar-refractivity contribution in [3.05, 3.63) is 64.7 Å². The van der Waals surface area contributed by atoms with Crippen molar-refractivity contribution in [2.45, 2.75) is 17.7 Å². The average molecular weight is 429 g/mol. The summed E-state index contributed by atoms with van der Waals surface area (Å²) in [5.41, 5.74) is 0.948. The zero-order chi connectivity index (χ0) is 20.3. The molecule has 0 atom stereocenters. The van der Waals surface area contributed by atoms with Gasteiger partial charge in [-0.1, -0.05) is 23.7 Å². The third-order valence-electron chi connectivity index (χ3n) is 4.62. The van der Waals surface area contributed by atoms with Crippen molar-refractivity contribution in [3.8, 4) is 0 Å². The standard InChI is InChI=1S/C19H19ClF2N2O3S/c20-15-3-1-2-14(12-15)4-7-19(25)23-8-10-24(11-9-23)28(26,27)18-13-16(21)5-6-17(18)22/h1-3,5-6,12-13H,4,7-11H2. The number of hydrogen-bond acceptors (Lipinski definition) is 3. The normalized spacial score (nSPS) is 15.6. The highest BCUT2D eigenvalue weighted by atomic mass is 35.5. The van der Waals surface area contributed by atoms with Crippen molar-refractivity contribution < 1.29 is 22.0 Å². The Morgan fingerprint density at radius 2 is 1.75 bits per heavy atom. The van der Waals surface area contributed by atoms with Crippen LogP contribution in [0.25, 0.3) is 0 Å². The number of piperazine rings is 1. The number of amides is 1. The smallest absolute Gasteiger partial charge is 0.246 e. The molecule has 0 N–H and O–H groups in total. The minimum atomic E-state index is -4.16. The van der Waals surface area contributed by atoms with E-state index < -0.39 is 26.6 Å². The van der Waals surface area contributed by atoms with Crippen LogP contribution in [-0.2, 0) is 21.2 Å². The molecule has 1 saturated heterocycles. The molecule has 3 rings (SSSR count). The lowest BCUT2D eigenvalue weighted by molar-refractivity contribution is -0.132. The summed E-state index contributed by atoms with van der Waals surface area (Å²) >= 11 is 5.93. The number of benzene rings is 2. The van der Waals surface area contributed by atoms with Gasteiger partial charge in [0.25, 0.3) is 0 Å². The highest BCUT2D eigenvalue weighted by Crippen LogP contribution is 2.22. The van der Waals surface area contributed by atoms with Crippen LogP contribution < -0.4 is 0 Å². The van der Waals surface area contributed by atoms with E-state index in [1.165, 1.54) is 0 Å². The summed E-state index contributed by atoms with van der Waals surface area (Å²) in [4.78, 5) is 13.3. The van der Waals surface area contributed by atoms with Crippen molar-refractivity contribution in [2.75, 3.05) is 26.2 Å². The lowest BCUT2D eigenvalue weighted by Crippen LogP contribution is -2.50. The summed E-state index contributed by atoms with van der Waals surface area (Å²) < 4.78 is 53.5. The van der Waals surface area contributed by atoms with Crippen LogP contribution in [0.1, 0.15) is 12.0 Å². The number of hydrogen-bond donors (Lipinski definition) is 0. The third-order valence-corrected chi connectivity index (χ3v) is 6.77. The topological polar surface area (TPSA) is 57.7 Å². The zero-order valence-electron chi connectivity index (χ0n) is 14.9. The van der Waals surface area contributed by atoms with Gasteiger partial charge in [-0.15, -0.1) is 0 Å². The van der Waals surface area contributed by atoms with E-state index in [0.29, 0.717) is 17.5 Å². The first-order valence-corrected chi connectivity index (χ1v) is 10.6. The van der Waals surface area contributed by atoms with Crippen LogP contribution in [0, 0.1) is 11.6 Å². The fourth-order valence-electron chi connectivity index (χ4n) is 3.09. The minimum Gasteiger partial charge on any atom is -0.340 e. The van der Waals surface area contributed by atoms with Crippen molar-refractivity contribution in [1.29, 1.82) is 0 Å². The molecule has 28 heavy (non-hydrogen) atoms. The number of sulfonamides is 1. The Hall–Kier alpha value is -2.03. The highest BCUT2D eigenvalue weighted by molar-refractivity contribution is 7.89. The molecule has 150 valence electrons. The molecule has 1 heterocycles. The van der Waals surface area contributed by atoms with Crippen molar-refractivity contribution >= 4 is 27.5 Å². The molecule has 0 spiro atoms. The van der Waals surface area contributed by atoms with E-state index in [0.717, 1.165) is 22.0 Å². The Bertz CT molecular complexity index is 977. The predicted octanol–water partition coefficient (Wildman–Crippen LogP) is 3.08. The maximum atomic E-state index is 13.9. The first-order chi connectivity index (χ1) is 13.3. The van der Waals surface area contributed by atoms with Crippen LogP contribution in [0.3, 0.4) is 0 Å². The van der Waals surface area contributed by atoms with Gasteiger partial charge in [0.15, 0.2) is 0 Å². The fourth-order valence-corrected chi connectivity index (χ4v) is 4.80. The second-order valence-corrected chi connectivity index (χ2v) is 8.83. The van der Waals surface area contributed by atoms with Gasteiger partial charge in [0.05, 0.1) is 0 Å². The summed E-state index contributed by atoms with van der Waals surface area (Å²) in [6, 6.07) is 9.59. The molecule has 2 aromatic rings. The zero-order valence-corrected chi connectivity index (χ0v) is 16.5. The van der Waals surface area contributed by atoms with E-state index in [4.69, 9.17) is 11.6 Å². The summed E-state index contributed by atoms with van der Waals surface area (Å²) in [6.45, 7) is 0.456. The summed E-state index contributed by atoms with van der Waals surface area (Å²) in [5.74, 6) is -1.91. The molecular weight excluding hydrogens is 410 g/mol. The van der Waals surface area contributed by atoms with Crippen LogP contribution in [0.4, 0.5) is 8.78 Å². The second-order valence-electron chi connectivity index (χ2n) is 6.49. The Kier molecular flexibility index (Phi) is 6.32. The van der Waals surface area contributed by atoms with Gasteiger partial charge in [-0.05, 0) is 42.3 Å². The molecular formula is C19H19ClF2N2O3S. The SMILES string of the molecule is O=C(CCc1cccc(Cl)c1)N1CCN(S(=O)(=O)c2cc(F)ccc2F)CC1. The molecule has 9 heteroatoms. The Balaban J connectivity index is 1.59. The molecule has 5 nitrogen and oxygen atoms in total. The van der Waals surface area contributed by atoms with Crippen molar-refractivity contribution in [3.63, 3.8) is 0 Å². The quantitative estimate of drug-likeness (QED) is 0.735. The largest absolute Gasteiger partial charge is 0.340 e. The Morgan fingerprint density at radius 3 is 2.43 bits per heavy atom. The Labute approximate surface area is 167 Å². The molecule has 1 aliphatic heterocycles. The molecule has 1 amide bonds. The Morgan fingerprint density at radius 1 is 1.04 bits per heavy atom. The maximum absolute atomic E-state index is 13.9. The van der Waals surface area contributed by atoms with Crippen molar-refractivity contribution in [2.24, 2.45) is 0 Å². The predicted molar refractivity (Wildman–Crippen MR) is 101 cm³/mol. The summed E-state index contributed by atoms with van der Waals surface area (Å²) in [5, 5.41) is 0.605. The molecule has 0 saturated carbocycles. The highest BCUT2D eigenvalue weighted by Gasteiger charge is 2.32. The molecule has 0 radical (unpaired) electrons. The monoisotopic (exact) mass is 428 g/mol. The molecule has 1 fully saturated rings. The number of aryl methyl sites for hydroxylation is 1. The van der Waals surface area contributed by atoms with Gasteiger partial charge in [0.2, 0.25) is 15.9 Å². The number of rotatable bonds is 5. The number of halogens is 3. The number of nitrogens with zero attached hydrogens (tertiary/aromatic N) is 2. The lowest BCUT2D eigenvalue weighted by Gasteiger charge is -2.34. The number of carbonyl (C=O) groups excluding carboxylic acids is 1. The van der Waals surface area contributed by atoms with Crippen LogP contribution in [-0.4, -0.2) is 49.7 Å². The van der Waals surface area contributed by atoms with E-state index in [9.17, 15) is 22.0 Å². The van der Waals surface area contributed by atoms with E-state index in [1.807, 2.05) is 12.1 Å². The molecule has 0 bridgehead atoms. The van der Waals surface area contributed by atoms with Gasteiger partial charge in [0, 0.05) is 37.6 Å². The first-order valence-electron chi connectivity index (χ1n) is 8.75. The van der Waals surface area contributed by atoms with E-state index >= 15 is 0 Å². The van der Waals surface area contributed by atoms with Gasteiger partial charge in [-0.2, -0.15) is 4.31 Å². The van der Waals surface area contributed by atoms with Crippen LogP contribution in [0.2, 0.25) is 5.02 Å². The van der Waals surface area contributed by atoms with Gasteiger partial charge in [0.1, 0.15) is 16.5 Å². The maximum Gasteiger partial charge on any atom is 0.246 e. The molecule has 0 unspecified atom stereocenters. The first kappa shape index (κ1) is 20.7.